The predicted molar refractivity (Wildman–Crippen MR) is 574 cm³/mol. The number of nitrogens with zero attached hydrogens (tertiary/aromatic N) is 19. The molecular weight excluding hydrogens is 1950 g/mol. The lowest BCUT2D eigenvalue weighted by Crippen LogP contribution is -2.44. The molecule has 3 saturated carbocycles. The first-order chi connectivity index (χ1) is 71.1. The molecule has 11 fully saturated rings. The number of benzene rings is 4. The van der Waals surface area contributed by atoms with Gasteiger partial charge in [-0.3, -0.25) is 19.2 Å². The van der Waals surface area contributed by atoms with Gasteiger partial charge in [0.25, 0.3) is 0 Å². The average Bonchev–Trinajstić information content (AvgIpc) is 1.72. The molecule has 8 aliphatic heterocycles. The number of hydrogen-bond donors (Lipinski definition) is 9. The average molecular weight is 2100 g/mol. The lowest BCUT2D eigenvalue weighted by atomic mass is 10.1. The zero-order valence-corrected chi connectivity index (χ0v) is 87.7. The quantitative estimate of drug-likeness (QED) is 0.0163. The van der Waals surface area contributed by atoms with Crippen LogP contribution in [0.3, 0.4) is 0 Å². The lowest BCUT2D eigenvalue weighted by Gasteiger charge is -2.34. The Morgan fingerprint density at radius 2 is 0.699 bits per heavy atom. The van der Waals surface area contributed by atoms with Crippen LogP contribution in [0.2, 0.25) is 5.02 Å². The van der Waals surface area contributed by atoms with Gasteiger partial charge in [-0.15, -0.1) is 0 Å². The SMILES string of the molecule is CCc1cc(N2CCN(C)CC2)ccc1Nc1ncc(C2CC2)c(NCCCN2CCOCCC2=O)n1.CCc1cc(N2CCNCC2)ccc1Nc1ncc(C(F)(F)F)c(NCCCN2CCOCCC2=O)n1.CN1CCN(c2ccc(Nc3ncc(Br)c(NCCCN4CCOCCC4=O)n3)c(C3CC3)c2)CC1.CN1CCN(c2ccc(Nc3ncc(Cl)c(NCCCN4CCOCCC4=O)n3)c(C3CC3)c2)CC1. The van der Waals surface area contributed by atoms with Gasteiger partial charge in [0.15, 0.2) is 0 Å². The molecule has 19 rings (SSSR count). The van der Waals surface area contributed by atoms with Crippen LogP contribution in [0.25, 0.3) is 0 Å². The van der Waals surface area contributed by atoms with E-state index in [1.165, 1.54) is 77.8 Å². The molecule has 36 nitrogen and oxygen atoms in total. The first kappa shape index (κ1) is 108. The van der Waals surface area contributed by atoms with Crippen molar-refractivity contribution in [3.05, 3.63) is 140 Å². The van der Waals surface area contributed by atoms with Gasteiger partial charge in [0.1, 0.15) is 33.9 Å². The number of carbonyl (C=O) groups excluding carboxylic acids is 4. The minimum absolute atomic E-state index is 0.00305. The van der Waals surface area contributed by atoms with Crippen LogP contribution in [-0.4, -0.2) is 355 Å². The molecule has 0 atom stereocenters. The van der Waals surface area contributed by atoms with Crippen molar-refractivity contribution in [1.29, 1.82) is 0 Å². The van der Waals surface area contributed by atoms with E-state index < -0.39 is 11.7 Å². The normalized spacial score (nSPS) is 18.7. The molecule has 12 heterocycles. The standard InChI is InChI=1S/C28H41N7O2.C26H36BrN7O2.C26H36ClN7O2.C25H34F3N7O2/c1-3-21-19-23(34-14-12-33(2)13-15-34)7-8-25(21)31-28-30-20-24(22-5-6-22)27(32-28)29-10-4-11-35-16-18-37-17-9-26(35)36;2*1-32-10-12-33(13-11-32)20-5-6-23(21(17-20)19-3-4-19)30-26-29-18-22(27)25(31-26)28-8-2-9-34-14-16-36-15-7-24(34)35;1-2-18-16-19(34-11-8-29-9-12-34)4-5-21(18)32-24-31-17-20(25(26,27)28)23(33-24)30-7-3-10-35-13-15-37-14-6-22(35)36/h7-8,19-20,22H,3-6,9-18H2,1-2H3,(H2,29,30,31,32);2*5-6,17-19H,2-4,7-16H2,1H3,(H2,28,29,30,31);4-5,16-17,29H,2-3,6-15H2,1H3,(H2,30,31,32,33). The minimum Gasteiger partial charge on any atom is -0.379 e. The largest absolute Gasteiger partial charge is 0.421 e. The van der Waals surface area contributed by atoms with E-state index in [1.807, 2.05) is 40.0 Å². The van der Waals surface area contributed by atoms with Gasteiger partial charge in [0.05, 0.1) is 89.2 Å². The number of halogens is 5. The highest BCUT2D eigenvalue weighted by Gasteiger charge is 2.37. The maximum Gasteiger partial charge on any atom is 0.421 e. The molecule has 790 valence electrons. The van der Waals surface area contributed by atoms with E-state index >= 15 is 0 Å². The van der Waals surface area contributed by atoms with Gasteiger partial charge >= 0.3 is 6.18 Å². The fourth-order valence-electron chi connectivity index (χ4n) is 19.1. The van der Waals surface area contributed by atoms with Crippen LogP contribution >= 0.6 is 27.5 Å². The van der Waals surface area contributed by atoms with Crippen molar-refractivity contribution in [2.24, 2.45) is 0 Å². The number of ether oxygens (including phenoxy) is 4. The summed E-state index contributed by atoms with van der Waals surface area (Å²) < 4.78 is 63.2. The number of aromatic nitrogens is 8. The highest BCUT2D eigenvalue weighted by molar-refractivity contribution is 9.10. The number of aryl methyl sites for hydroxylation is 2. The molecule has 146 heavy (non-hydrogen) atoms. The maximum absolute atomic E-state index is 13.6. The Bertz CT molecular complexity index is 5420. The Hall–Kier alpha value is -11.1. The molecule has 4 aromatic carbocycles. The van der Waals surface area contributed by atoms with E-state index in [-0.39, 0.29) is 41.9 Å². The summed E-state index contributed by atoms with van der Waals surface area (Å²) >= 11 is 9.94. The number of rotatable bonds is 37. The van der Waals surface area contributed by atoms with Gasteiger partial charge in [-0.1, -0.05) is 25.4 Å². The summed E-state index contributed by atoms with van der Waals surface area (Å²) in [4.78, 5) is 109. The molecule has 8 aromatic rings. The smallest absolute Gasteiger partial charge is 0.379 e. The Kier molecular flexibility index (Phi) is 39.6. The molecule has 9 N–H and O–H groups in total. The third-order valence-electron chi connectivity index (χ3n) is 28.4. The second-order valence-electron chi connectivity index (χ2n) is 39.2. The predicted octanol–water partition coefficient (Wildman–Crippen LogP) is 13.9. The Balaban J connectivity index is 0.000000139. The second-order valence-corrected chi connectivity index (χ2v) is 40.5. The zero-order valence-electron chi connectivity index (χ0n) is 85.4. The number of carbonyl (C=O) groups is 4. The van der Waals surface area contributed by atoms with Crippen LogP contribution in [0, 0.1) is 0 Å². The minimum atomic E-state index is -4.60. The summed E-state index contributed by atoms with van der Waals surface area (Å²) in [6, 6.07) is 26.2. The molecule has 8 saturated heterocycles. The van der Waals surface area contributed by atoms with Crippen molar-refractivity contribution in [3.63, 3.8) is 0 Å². The monoisotopic (exact) mass is 2100 g/mol. The highest BCUT2D eigenvalue weighted by Crippen LogP contribution is 2.48. The second kappa shape index (κ2) is 53.7. The van der Waals surface area contributed by atoms with Crippen LogP contribution in [-0.2, 0) is 57.1 Å². The van der Waals surface area contributed by atoms with Crippen molar-refractivity contribution < 1.29 is 51.3 Å². The molecule has 41 heteroatoms. The first-order valence-corrected chi connectivity index (χ1v) is 53.9. The van der Waals surface area contributed by atoms with Crippen LogP contribution in [0.1, 0.15) is 155 Å². The van der Waals surface area contributed by atoms with Crippen LogP contribution in [0.4, 0.5) is 106 Å². The summed E-state index contributed by atoms with van der Waals surface area (Å²) in [7, 11) is 6.56. The Morgan fingerprint density at radius 1 is 0.377 bits per heavy atom. The van der Waals surface area contributed by atoms with Crippen molar-refractivity contribution in [2.75, 3.05) is 319 Å². The van der Waals surface area contributed by atoms with Crippen molar-refractivity contribution in [1.82, 2.24) is 79.5 Å². The van der Waals surface area contributed by atoms with Crippen LogP contribution in [0.5, 0.6) is 0 Å². The number of amides is 4. The topological polar surface area (TPSA) is 352 Å². The summed E-state index contributed by atoms with van der Waals surface area (Å²) in [6.07, 6.45) is 15.3. The van der Waals surface area contributed by atoms with Crippen LogP contribution < -0.4 is 67.5 Å². The number of likely N-dealkylation sites (N-methyl/N-ethyl adjacent to an activating group) is 3. The molecule has 4 aromatic heterocycles. The zero-order chi connectivity index (χ0) is 102. The van der Waals surface area contributed by atoms with Gasteiger partial charge in [-0.2, -0.15) is 33.1 Å². The number of piperazine rings is 4. The number of nitrogens with one attached hydrogen (secondary N) is 9. The summed E-state index contributed by atoms with van der Waals surface area (Å²) in [5, 5.41) is 30.4. The summed E-state index contributed by atoms with van der Waals surface area (Å²) in [5.41, 5.74) is 14.3. The van der Waals surface area contributed by atoms with E-state index in [1.54, 1.807) is 17.3 Å². The molecular formula is C105H147BrClF3N28O8. The fraction of sp³-hybridized carbons (Fsp3) is 0.581. The van der Waals surface area contributed by atoms with Crippen LogP contribution in [0.15, 0.2) is 102 Å². The van der Waals surface area contributed by atoms with E-state index in [2.05, 4.69) is 217 Å². The van der Waals surface area contributed by atoms with Crippen molar-refractivity contribution in [3.8, 4) is 0 Å². The molecule has 0 spiro atoms. The molecule has 0 radical (unpaired) electrons. The fourth-order valence-corrected chi connectivity index (χ4v) is 19.6. The van der Waals surface area contributed by atoms with Crippen molar-refractivity contribution in [2.45, 2.75) is 141 Å². The highest BCUT2D eigenvalue weighted by atomic mass is 79.9. The first-order valence-electron chi connectivity index (χ1n) is 52.7. The van der Waals surface area contributed by atoms with Gasteiger partial charge in [0, 0.05) is 253 Å². The third-order valence-corrected chi connectivity index (χ3v) is 29.3. The van der Waals surface area contributed by atoms with E-state index in [0.717, 1.165) is 206 Å². The number of alkyl halides is 3. The molecule has 3 aliphatic carbocycles. The maximum atomic E-state index is 13.6. The molecule has 0 unspecified atom stereocenters. The summed E-state index contributed by atoms with van der Waals surface area (Å²) in [6.45, 7) is 32.6. The lowest BCUT2D eigenvalue weighted by molar-refractivity contribution is -0.137. The number of anilines is 16. The summed E-state index contributed by atoms with van der Waals surface area (Å²) in [5.74, 6) is 6.06. The molecule has 0 bridgehead atoms. The molecule has 4 amide bonds. The Labute approximate surface area is 869 Å². The molecule has 11 aliphatic rings. The van der Waals surface area contributed by atoms with E-state index in [0.29, 0.717) is 190 Å². The van der Waals surface area contributed by atoms with Gasteiger partial charge in [-0.05, 0) is 227 Å². The van der Waals surface area contributed by atoms with Gasteiger partial charge in [-0.25, -0.2) is 19.9 Å². The van der Waals surface area contributed by atoms with E-state index in [4.69, 9.17) is 40.5 Å². The van der Waals surface area contributed by atoms with Gasteiger partial charge < -0.3 is 121 Å². The van der Waals surface area contributed by atoms with Crippen molar-refractivity contribution >= 4 is 144 Å². The Morgan fingerprint density at radius 3 is 1.10 bits per heavy atom. The number of hydrogen-bond acceptors (Lipinski definition) is 32. The van der Waals surface area contributed by atoms with E-state index in [9.17, 15) is 32.3 Å². The third kappa shape index (κ3) is 31.7. The van der Waals surface area contributed by atoms with Gasteiger partial charge in [0.2, 0.25) is 47.4 Å².